The topological polar surface area (TPSA) is 80.8 Å². The zero-order valence-electron chi connectivity index (χ0n) is 15.6. The van der Waals surface area contributed by atoms with Crippen LogP contribution in [-0.2, 0) is 10.0 Å². The van der Waals surface area contributed by atoms with Crippen molar-refractivity contribution in [2.45, 2.75) is 31.1 Å². The number of ether oxygens (including phenoxy) is 1. The predicted molar refractivity (Wildman–Crippen MR) is 101 cm³/mol. The van der Waals surface area contributed by atoms with E-state index in [-0.39, 0.29) is 27.9 Å². The molecule has 142 valence electrons. The Bertz CT molecular complexity index is 1020. The lowest BCUT2D eigenvalue weighted by atomic mass is 9.97. The molecular weight excluding hydrogens is 366 g/mol. The van der Waals surface area contributed by atoms with Crippen molar-refractivity contribution in [3.05, 3.63) is 58.7 Å². The molecule has 1 aliphatic rings. The first-order valence-electron chi connectivity index (χ1n) is 8.54. The lowest BCUT2D eigenvalue weighted by molar-refractivity contribution is 0.0732. The first kappa shape index (κ1) is 19.3. The van der Waals surface area contributed by atoms with Gasteiger partial charge in [-0.25, -0.2) is 17.5 Å². The van der Waals surface area contributed by atoms with Crippen LogP contribution in [0.4, 0.5) is 0 Å². The molecule has 0 amide bonds. The summed E-state index contributed by atoms with van der Waals surface area (Å²) in [6.45, 7) is 3.91. The first-order valence-corrected chi connectivity index (χ1v) is 9.98. The van der Waals surface area contributed by atoms with Crippen LogP contribution in [0.25, 0.3) is 0 Å². The van der Waals surface area contributed by atoms with Crippen LogP contribution < -0.4 is 4.74 Å². The van der Waals surface area contributed by atoms with E-state index in [9.17, 15) is 18.0 Å². The first-order chi connectivity index (χ1) is 12.6. The molecule has 2 aromatic carbocycles. The van der Waals surface area contributed by atoms with Crippen molar-refractivity contribution in [3.63, 3.8) is 0 Å². The summed E-state index contributed by atoms with van der Waals surface area (Å²) in [6.07, 6.45) is 0.405. The average molecular weight is 387 g/mol. The zero-order chi connectivity index (χ0) is 19.9. The summed E-state index contributed by atoms with van der Waals surface area (Å²) in [5, 5.41) is 0. The van der Waals surface area contributed by atoms with E-state index in [2.05, 4.69) is 0 Å². The van der Waals surface area contributed by atoms with Gasteiger partial charge >= 0.3 is 5.97 Å². The summed E-state index contributed by atoms with van der Waals surface area (Å²) in [4.78, 5) is 24.9. The summed E-state index contributed by atoms with van der Waals surface area (Å²) in [5.41, 5.74) is 2.61. The third-order valence-corrected chi connectivity index (χ3v) is 6.59. The predicted octanol–water partition coefficient (Wildman–Crippen LogP) is 3.15. The quantitative estimate of drug-likeness (QED) is 0.595. The lowest BCUT2D eigenvalue weighted by Gasteiger charge is -2.13. The minimum Gasteiger partial charge on any atom is -0.422 e. The molecule has 27 heavy (non-hydrogen) atoms. The van der Waals surface area contributed by atoms with Gasteiger partial charge < -0.3 is 4.74 Å². The van der Waals surface area contributed by atoms with Crippen LogP contribution in [0.5, 0.6) is 5.75 Å². The number of carbonyl (C=O) groups excluding carboxylic acids is 2. The minimum absolute atomic E-state index is 0.0311. The molecule has 3 rings (SSSR count). The molecule has 0 fully saturated rings. The van der Waals surface area contributed by atoms with Gasteiger partial charge in [-0.2, -0.15) is 0 Å². The van der Waals surface area contributed by atoms with Gasteiger partial charge in [0.2, 0.25) is 10.0 Å². The number of benzene rings is 2. The number of hydrogen-bond donors (Lipinski definition) is 0. The maximum Gasteiger partial charge on any atom is 0.343 e. The number of Topliss-reactive ketones (excluding diaryl/α,β-unsaturated/α-hetero) is 1. The Morgan fingerprint density at radius 1 is 1.11 bits per heavy atom. The van der Waals surface area contributed by atoms with E-state index in [1.165, 1.54) is 38.4 Å². The maximum absolute atomic E-state index is 12.5. The number of hydrogen-bond acceptors (Lipinski definition) is 5. The van der Waals surface area contributed by atoms with Crippen LogP contribution in [-0.4, -0.2) is 38.6 Å². The number of esters is 1. The van der Waals surface area contributed by atoms with Crippen LogP contribution >= 0.6 is 0 Å². The summed E-state index contributed by atoms with van der Waals surface area (Å²) < 4.78 is 30.8. The second-order valence-electron chi connectivity index (χ2n) is 6.90. The standard InChI is InChI=1S/C20H21NO5S/c1-12-5-10-17(19-16(22)11-13(2)18(12)19)26-20(23)14-6-8-15(9-7-14)27(24,25)21(3)4/h5-10,13H,11H2,1-4H3/t13-/m1/s1. The Kier molecular flexibility index (Phi) is 4.92. The highest BCUT2D eigenvalue weighted by Gasteiger charge is 2.32. The smallest absolute Gasteiger partial charge is 0.343 e. The molecule has 0 unspecified atom stereocenters. The Hall–Kier alpha value is -2.51. The SMILES string of the molecule is Cc1ccc(OC(=O)c2ccc(S(=O)(=O)N(C)C)cc2)c2c1[C@H](C)CC2=O. The van der Waals surface area contributed by atoms with E-state index in [0.29, 0.717) is 12.0 Å². The number of nitrogens with zero attached hydrogens (tertiary/aromatic N) is 1. The highest BCUT2D eigenvalue weighted by atomic mass is 32.2. The van der Waals surface area contributed by atoms with Crippen LogP contribution in [0.15, 0.2) is 41.3 Å². The van der Waals surface area contributed by atoms with E-state index in [1.807, 2.05) is 19.9 Å². The van der Waals surface area contributed by atoms with Gasteiger partial charge in [0.05, 0.1) is 16.0 Å². The normalized spacial score (nSPS) is 16.5. The summed E-state index contributed by atoms with van der Waals surface area (Å²) in [7, 11) is -0.692. The number of aryl methyl sites for hydroxylation is 1. The fourth-order valence-corrected chi connectivity index (χ4v) is 4.23. The molecule has 0 aliphatic heterocycles. The van der Waals surface area contributed by atoms with Crippen molar-refractivity contribution in [2.75, 3.05) is 14.1 Å². The van der Waals surface area contributed by atoms with Gasteiger partial charge in [0.15, 0.2) is 5.78 Å². The zero-order valence-corrected chi connectivity index (χ0v) is 16.5. The Morgan fingerprint density at radius 3 is 2.33 bits per heavy atom. The van der Waals surface area contributed by atoms with Crippen molar-refractivity contribution in [3.8, 4) is 5.75 Å². The highest BCUT2D eigenvalue weighted by Crippen LogP contribution is 2.40. The molecule has 0 saturated carbocycles. The van der Waals surface area contributed by atoms with Gasteiger partial charge in [-0.05, 0) is 54.3 Å². The third-order valence-electron chi connectivity index (χ3n) is 4.76. The molecule has 0 heterocycles. The summed E-state index contributed by atoms with van der Waals surface area (Å²) >= 11 is 0. The Morgan fingerprint density at radius 2 is 1.74 bits per heavy atom. The van der Waals surface area contributed by atoms with Gasteiger partial charge in [-0.3, -0.25) is 4.79 Å². The second-order valence-corrected chi connectivity index (χ2v) is 9.05. The van der Waals surface area contributed by atoms with Crippen molar-refractivity contribution in [2.24, 2.45) is 0 Å². The molecule has 0 aromatic heterocycles. The van der Waals surface area contributed by atoms with Crippen molar-refractivity contribution < 1.29 is 22.7 Å². The molecular formula is C20H21NO5S. The molecule has 0 spiro atoms. The minimum atomic E-state index is -3.57. The van der Waals surface area contributed by atoms with E-state index < -0.39 is 16.0 Å². The molecule has 0 radical (unpaired) electrons. The molecule has 2 aromatic rings. The molecule has 1 aliphatic carbocycles. The fraction of sp³-hybridized carbons (Fsp3) is 0.300. The van der Waals surface area contributed by atoms with E-state index in [1.54, 1.807) is 6.07 Å². The summed E-state index contributed by atoms with van der Waals surface area (Å²) in [5.74, 6) is -0.319. The second kappa shape index (κ2) is 6.90. The molecule has 0 bridgehead atoms. The van der Waals surface area contributed by atoms with E-state index >= 15 is 0 Å². The van der Waals surface area contributed by atoms with E-state index in [4.69, 9.17) is 4.74 Å². The van der Waals surface area contributed by atoms with Crippen molar-refractivity contribution in [1.82, 2.24) is 4.31 Å². The van der Waals surface area contributed by atoms with Gasteiger partial charge in [-0.1, -0.05) is 13.0 Å². The molecule has 6 nitrogen and oxygen atoms in total. The lowest BCUT2D eigenvalue weighted by Crippen LogP contribution is -2.22. The Labute approximate surface area is 158 Å². The largest absolute Gasteiger partial charge is 0.422 e. The molecule has 0 saturated heterocycles. The maximum atomic E-state index is 12.5. The number of rotatable bonds is 4. The van der Waals surface area contributed by atoms with Crippen molar-refractivity contribution >= 4 is 21.8 Å². The highest BCUT2D eigenvalue weighted by molar-refractivity contribution is 7.89. The van der Waals surface area contributed by atoms with Crippen LogP contribution in [0, 0.1) is 6.92 Å². The third kappa shape index (κ3) is 3.40. The molecule has 7 heteroatoms. The van der Waals surface area contributed by atoms with Crippen LogP contribution in [0.3, 0.4) is 0 Å². The molecule has 0 N–H and O–H groups in total. The molecule has 1 atom stereocenters. The van der Waals surface area contributed by atoms with Gasteiger partial charge in [-0.15, -0.1) is 0 Å². The van der Waals surface area contributed by atoms with Gasteiger partial charge in [0.25, 0.3) is 0 Å². The average Bonchev–Trinajstić information content (AvgIpc) is 2.92. The number of carbonyl (C=O) groups is 2. The van der Waals surface area contributed by atoms with Crippen molar-refractivity contribution in [1.29, 1.82) is 0 Å². The fourth-order valence-electron chi connectivity index (χ4n) is 3.33. The van der Waals surface area contributed by atoms with Crippen LogP contribution in [0.1, 0.15) is 51.1 Å². The van der Waals surface area contributed by atoms with Gasteiger partial charge in [0.1, 0.15) is 5.75 Å². The van der Waals surface area contributed by atoms with Gasteiger partial charge in [0, 0.05) is 20.5 Å². The Balaban J connectivity index is 1.89. The van der Waals surface area contributed by atoms with Crippen LogP contribution in [0.2, 0.25) is 0 Å². The number of fused-ring (bicyclic) bond motifs is 1. The number of ketones is 1. The monoisotopic (exact) mass is 387 g/mol. The van der Waals surface area contributed by atoms with E-state index in [0.717, 1.165) is 15.4 Å². The number of sulfonamides is 1. The summed E-state index contributed by atoms with van der Waals surface area (Å²) in [6, 6.07) is 8.99.